The molecule has 3 aromatic rings. The van der Waals surface area contributed by atoms with Crippen LogP contribution < -0.4 is 15.1 Å². The summed E-state index contributed by atoms with van der Waals surface area (Å²) in [6.07, 6.45) is 5.61. The molecule has 0 saturated carbocycles. The van der Waals surface area contributed by atoms with E-state index in [9.17, 15) is 4.79 Å². The standard InChI is InChI=1S/C24H29N7O3S/c1-3-34-22(32)19-16(2)26-24(35-19)29-23-27-20(30-11-13-33-14-12-30)18-5-4-10-31(21(18)28-23)15-17-6-8-25-9-7-17/h6-9H,3-5,10-15H2,1-2H3,(H,26,27,28,29). The SMILES string of the molecule is CCOC(=O)c1sc(Nc2nc(N3CCOCC3)c3c(n2)N(Cc2ccncc2)CCC3)nc1C. The van der Waals surface area contributed by atoms with Gasteiger partial charge in [-0.15, -0.1) is 0 Å². The van der Waals surface area contributed by atoms with Crippen LogP contribution in [0.1, 0.15) is 39.8 Å². The van der Waals surface area contributed by atoms with Gasteiger partial charge in [0.25, 0.3) is 0 Å². The number of carbonyl (C=O) groups is 1. The van der Waals surface area contributed by atoms with E-state index in [1.165, 1.54) is 22.5 Å². The number of anilines is 4. The fourth-order valence-electron chi connectivity index (χ4n) is 4.39. The van der Waals surface area contributed by atoms with Crippen LogP contribution in [0.4, 0.5) is 22.7 Å². The van der Waals surface area contributed by atoms with Gasteiger partial charge in [-0.2, -0.15) is 9.97 Å². The Labute approximate surface area is 208 Å². The molecule has 10 nitrogen and oxygen atoms in total. The van der Waals surface area contributed by atoms with Crippen LogP contribution in [-0.4, -0.2) is 65.4 Å². The van der Waals surface area contributed by atoms with E-state index in [0.29, 0.717) is 41.5 Å². The van der Waals surface area contributed by atoms with Crippen LogP contribution in [-0.2, 0) is 22.4 Å². The summed E-state index contributed by atoms with van der Waals surface area (Å²) in [6, 6.07) is 4.07. The monoisotopic (exact) mass is 495 g/mol. The summed E-state index contributed by atoms with van der Waals surface area (Å²) in [7, 11) is 0. The van der Waals surface area contributed by atoms with Gasteiger partial charge in [0.1, 0.15) is 16.5 Å². The number of thiazole rings is 1. The molecule has 0 amide bonds. The Morgan fingerprint density at radius 1 is 1.14 bits per heavy atom. The Balaban J connectivity index is 1.50. The first-order valence-corrected chi connectivity index (χ1v) is 12.7. The van der Waals surface area contributed by atoms with Crippen molar-refractivity contribution in [3.05, 3.63) is 46.2 Å². The van der Waals surface area contributed by atoms with E-state index in [-0.39, 0.29) is 5.97 Å². The van der Waals surface area contributed by atoms with Gasteiger partial charge in [-0.25, -0.2) is 9.78 Å². The zero-order valence-corrected chi connectivity index (χ0v) is 20.8. The Kier molecular flexibility index (Phi) is 7.05. The van der Waals surface area contributed by atoms with Crippen molar-refractivity contribution in [1.82, 2.24) is 19.9 Å². The molecule has 184 valence electrons. The van der Waals surface area contributed by atoms with Crippen molar-refractivity contribution in [2.75, 3.05) is 54.6 Å². The second-order valence-corrected chi connectivity index (χ2v) is 9.43. The molecule has 0 bridgehead atoms. The van der Waals surface area contributed by atoms with Gasteiger partial charge in [-0.1, -0.05) is 11.3 Å². The molecular weight excluding hydrogens is 466 g/mol. The molecular formula is C24H29N7O3S. The zero-order valence-electron chi connectivity index (χ0n) is 20.0. The fourth-order valence-corrected chi connectivity index (χ4v) is 5.24. The van der Waals surface area contributed by atoms with Crippen molar-refractivity contribution in [2.45, 2.75) is 33.2 Å². The summed E-state index contributed by atoms with van der Waals surface area (Å²) < 4.78 is 10.7. The molecule has 0 unspecified atom stereocenters. The van der Waals surface area contributed by atoms with Gasteiger partial charge < -0.3 is 19.3 Å². The van der Waals surface area contributed by atoms with Crippen LogP contribution in [0.25, 0.3) is 0 Å². The molecule has 2 aliphatic rings. The lowest BCUT2D eigenvalue weighted by Gasteiger charge is -2.35. The van der Waals surface area contributed by atoms with E-state index in [1.54, 1.807) is 13.8 Å². The second-order valence-electron chi connectivity index (χ2n) is 8.43. The van der Waals surface area contributed by atoms with Gasteiger partial charge in [-0.3, -0.25) is 10.3 Å². The minimum absolute atomic E-state index is 0.323. The van der Waals surface area contributed by atoms with Gasteiger partial charge in [-0.05, 0) is 44.4 Å². The lowest BCUT2D eigenvalue weighted by Crippen LogP contribution is -2.39. The molecule has 0 atom stereocenters. The van der Waals surface area contributed by atoms with E-state index in [4.69, 9.17) is 19.4 Å². The lowest BCUT2D eigenvalue weighted by atomic mass is 10.0. The molecule has 11 heteroatoms. The van der Waals surface area contributed by atoms with Gasteiger partial charge in [0.2, 0.25) is 5.95 Å². The van der Waals surface area contributed by atoms with Crippen molar-refractivity contribution in [1.29, 1.82) is 0 Å². The Hall–Kier alpha value is -3.31. The smallest absolute Gasteiger partial charge is 0.350 e. The van der Waals surface area contributed by atoms with Gasteiger partial charge in [0, 0.05) is 44.1 Å². The Bertz CT molecular complexity index is 1180. The topological polar surface area (TPSA) is 106 Å². The predicted molar refractivity (Wildman–Crippen MR) is 135 cm³/mol. The van der Waals surface area contributed by atoms with Gasteiger partial charge in [0.05, 0.1) is 25.5 Å². The highest BCUT2D eigenvalue weighted by Crippen LogP contribution is 2.35. The van der Waals surface area contributed by atoms with Gasteiger partial charge in [0.15, 0.2) is 5.13 Å². The molecule has 0 spiro atoms. The summed E-state index contributed by atoms with van der Waals surface area (Å²) in [6.45, 7) is 8.51. The number of nitrogens with one attached hydrogen (secondary N) is 1. The number of aromatic nitrogens is 4. The van der Waals surface area contributed by atoms with Crippen LogP contribution in [0.3, 0.4) is 0 Å². The van der Waals surface area contributed by atoms with E-state index >= 15 is 0 Å². The highest BCUT2D eigenvalue weighted by Gasteiger charge is 2.28. The first kappa shape index (κ1) is 23.4. The van der Waals surface area contributed by atoms with Gasteiger partial charge >= 0.3 is 5.97 Å². The van der Waals surface area contributed by atoms with Crippen LogP contribution in [0.5, 0.6) is 0 Å². The van der Waals surface area contributed by atoms with Crippen molar-refractivity contribution in [2.24, 2.45) is 0 Å². The molecule has 1 fully saturated rings. The minimum atomic E-state index is -0.362. The second kappa shape index (κ2) is 10.5. The van der Waals surface area contributed by atoms with E-state index in [0.717, 1.165) is 50.7 Å². The van der Waals surface area contributed by atoms with E-state index in [1.807, 2.05) is 24.5 Å². The summed E-state index contributed by atoms with van der Waals surface area (Å²) in [5.74, 6) is 1.99. The maximum Gasteiger partial charge on any atom is 0.350 e. The summed E-state index contributed by atoms with van der Waals surface area (Å²) >= 11 is 1.25. The molecule has 0 aliphatic carbocycles. The van der Waals surface area contributed by atoms with E-state index < -0.39 is 0 Å². The third kappa shape index (κ3) is 5.20. The molecule has 35 heavy (non-hydrogen) atoms. The average molecular weight is 496 g/mol. The van der Waals surface area contributed by atoms with Crippen LogP contribution in [0.2, 0.25) is 0 Å². The normalized spacial score (nSPS) is 15.6. The van der Waals surface area contributed by atoms with Crippen LogP contribution in [0, 0.1) is 6.92 Å². The summed E-state index contributed by atoms with van der Waals surface area (Å²) in [5.41, 5.74) is 2.98. The number of ether oxygens (including phenoxy) is 2. The predicted octanol–water partition coefficient (Wildman–Crippen LogP) is 3.35. The van der Waals surface area contributed by atoms with Crippen molar-refractivity contribution >= 4 is 40.0 Å². The van der Waals surface area contributed by atoms with Crippen LogP contribution >= 0.6 is 11.3 Å². The Morgan fingerprint density at radius 3 is 2.69 bits per heavy atom. The first-order valence-electron chi connectivity index (χ1n) is 11.9. The number of pyridine rings is 1. The number of carbonyl (C=O) groups excluding carboxylic acids is 1. The molecule has 2 aliphatic heterocycles. The maximum absolute atomic E-state index is 12.3. The number of hydrogen-bond donors (Lipinski definition) is 1. The first-order chi connectivity index (χ1) is 17.1. The highest BCUT2D eigenvalue weighted by atomic mass is 32.1. The molecule has 3 aromatic heterocycles. The number of nitrogens with zero attached hydrogens (tertiary/aromatic N) is 6. The zero-order chi connectivity index (χ0) is 24.2. The number of rotatable bonds is 7. The number of morpholine rings is 1. The molecule has 1 saturated heterocycles. The number of hydrogen-bond acceptors (Lipinski definition) is 11. The molecule has 1 N–H and O–H groups in total. The lowest BCUT2D eigenvalue weighted by molar-refractivity contribution is 0.0531. The molecule has 0 aromatic carbocycles. The third-order valence-corrected chi connectivity index (χ3v) is 7.08. The van der Waals surface area contributed by atoms with Crippen molar-refractivity contribution < 1.29 is 14.3 Å². The molecule has 5 heterocycles. The number of aryl methyl sites for hydroxylation is 1. The largest absolute Gasteiger partial charge is 0.462 e. The average Bonchev–Trinajstić information content (AvgIpc) is 3.25. The summed E-state index contributed by atoms with van der Waals surface area (Å²) in [5, 5.41) is 3.82. The molecule has 5 rings (SSSR count). The van der Waals surface area contributed by atoms with Crippen molar-refractivity contribution in [3.63, 3.8) is 0 Å². The quantitative estimate of drug-likeness (QED) is 0.491. The number of esters is 1. The van der Waals surface area contributed by atoms with E-state index in [2.05, 4.69) is 25.1 Å². The maximum atomic E-state index is 12.3. The highest BCUT2D eigenvalue weighted by molar-refractivity contribution is 7.17. The molecule has 0 radical (unpaired) electrons. The fraction of sp³-hybridized carbons (Fsp3) is 0.458. The van der Waals surface area contributed by atoms with Crippen LogP contribution in [0.15, 0.2) is 24.5 Å². The Morgan fingerprint density at radius 2 is 1.91 bits per heavy atom. The summed E-state index contributed by atoms with van der Waals surface area (Å²) in [4.78, 5) is 35.9. The third-order valence-electron chi connectivity index (χ3n) is 6.03. The van der Waals surface area contributed by atoms with Crippen molar-refractivity contribution in [3.8, 4) is 0 Å². The minimum Gasteiger partial charge on any atom is -0.462 e. The number of fused-ring (bicyclic) bond motifs is 1.